The van der Waals surface area contributed by atoms with Gasteiger partial charge in [-0.1, -0.05) is 30.4 Å². The lowest BCUT2D eigenvalue weighted by atomic mass is 9.92. The molecule has 0 aliphatic carbocycles. The van der Waals surface area contributed by atoms with Crippen molar-refractivity contribution in [2.75, 3.05) is 5.32 Å². The van der Waals surface area contributed by atoms with Crippen LogP contribution in [-0.2, 0) is 5.54 Å². The highest BCUT2D eigenvalue weighted by molar-refractivity contribution is 9.10. The molecule has 0 radical (unpaired) electrons. The molecule has 1 heterocycles. The van der Waals surface area contributed by atoms with E-state index in [-0.39, 0.29) is 12.0 Å². The zero-order valence-electron chi connectivity index (χ0n) is 13.4. The molecule has 0 saturated carbocycles. The first-order valence-electron chi connectivity index (χ1n) is 7.11. The Hall–Kier alpha value is -2.21. The van der Waals surface area contributed by atoms with Crippen molar-refractivity contribution in [3.05, 3.63) is 58.8 Å². The number of carbonyl (C=O) groups excluding carboxylic acids is 1. The van der Waals surface area contributed by atoms with Crippen LogP contribution in [0.25, 0.3) is 5.57 Å². The number of nitrogens with zero attached hydrogens (tertiary/aromatic N) is 2. The highest BCUT2D eigenvalue weighted by Gasteiger charge is 2.23. The third kappa shape index (κ3) is 4.63. The molecule has 0 atom stereocenters. The zero-order chi connectivity index (χ0) is 17.0. The Morgan fingerprint density at radius 3 is 2.52 bits per heavy atom. The van der Waals surface area contributed by atoms with Gasteiger partial charge in [-0.15, -0.1) is 0 Å². The number of anilines is 1. The number of urea groups is 1. The van der Waals surface area contributed by atoms with Crippen LogP contribution in [-0.4, -0.2) is 16.0 Å². The molecule has 0 aliphatic heterocycles. The predicted molar refractivity (Wildman–Crippen MR) is 96.1 cm³/mol. The molecule has 0 saturated heterocycles. The van der Waals surface area contributed by atoms with Crippen molar-refractivity contribution in [2.45, 2.75) is 26.3 Å². The van der Waals surface area contributed by atoms with Gasteiger partial charge in [0, 0.05) is 12.4 Å². The molecule has 2 N–H and O–H groups in total. The fraction of sp³-hybridized carbons (Fsp3) is 0.235. The van der Waals surface area contributed by atoms with Crippen LogP contribution >= 0.6 is 15.9 Å². The van der Waals surface area contributed by atoms with Gasteiger partial charge in [0.05, 0.1) is 10.0 Å². The standard InChI is InChI=1S/C17H19BrN4O/c1-11(2)12-6-5-7-13(8-12)17(3,4)22-16(23)21-15-19-9-14(18)10-20-15/h5-10H,1H2,2-4H3,(H2,19,20,21,22,23). The van der Waals surface area contributed by atoms with Crippen LogP contribution in [0.4, 0.5) is 10.7 Å². The van der Waals surface area contributed by atoms with Crippen LogP contribution in [0, 0.1) is 0 Å². The number of aromatic nitrogens is 2. The Labute approximate surface area is 144 Å². The number of carbonyl (C=O) groups is 1. The molecule has 0 bridgehead atoms. The highest BCUT2D eigenvalue weighted by atomic mass is 79.9. The molecule has 0 aliphatic rings. The van der Waals surface area contributed by atoms with Crippen molar-refractivity contribution in [3.63, 3.8) is 0 Å². The number of hydrogen-bond acceptors (Lipinski definition) is 3. The fourth-order valence-corrected chi connectivity index (χ4v) is 2.24. The maximum Gasteiger partial charge on any atom is 0.322 e. The van der Waals surface area contributed by atoms with E-state index >= 15 is 0 Å². The molecule has 120 valence electrons. The van der Waals surface area contributed by atoms with Crippen molar-refractivity contribution in [2.24, 2.45) is 0 Å². The molecule has 0 spiro atoms. The topological polar surface area (TPSA) is 66.9 Å². The summed E-state index contributed by atoms with van der Waals surface area (Å²) in [6.07, 6.45) is 3.15. The molecular formula is C17H19BrN4O. The van der Waals surface area contributed by atoms with Crippen LogP contribution in [0.2, 0.25) is 0 Å². The molecule has 0 fully saturated rings. The van der Waals surface area contributed by atoms with Gasteiger partial charge in [0.1, 0.15) is 0 Å². The number of hydrogen-bond donors (Lipinski definition) is 2. The molecule has 6 heteroatoms. The maximum atomic E-state index is 12.2. The monoisotopic (exact) mass is 374 g/mol. The Balaban J connectivity index is 2.10. The van der Waals surface area contributed by atoms with E-state index in [4.69, 9.17) is 0 Å². The molecule has 2 aromatic rings. The molecule has 23 heavy (non-hydrogen) atoms. The van der Waals surface area contributed by atoms with E-state index in [1.165, 1.54) is 0 Å². The largest absolute Gasteiger partial charge is 0.329 e. The van der Waals surface area contributed by atoms with Gasteiger partial charge in [0.2, 0.25) is 5.95 Å². The summed E-state index contributed by atoms with van der Waals surface area (Å²) in [5.41, 5.74) is 2.47. The number of benzene rings is 1. The first kappa shape index (κ1) is 17.1. The summed E-state index contributed by atoms with van der Waals surface area (Å²) in [5.74, 6) is 0.247. The molecule has 5 nitrogen and oxygen atoms in total. The van der Waals surface area contributed by atoms with Crippen molar-refractivity contribution < 1.29 is 4.79 Å². The van der Waals surface area contributed by atoms with E-state index in [0.717, 1.165) is 21.2 Å². The van der Waals surface area contributed by atoms with Gasteiger partial charge in [-0.3, -0.25) is 5.32 Å². The Bertz CT molecular complexity index is 726. The second kappa shape index (κ2) is 6.91. The van der Waals surface area contributed by atoms with Crippen molar-refractivity contribution >= 4 is 33.5 Å². The molecule has 1 aromatic heterocycles. The summed E-state index contributed by atoms with van der Waals surface area (Å²) in [5, 5.41) is 5.55. The summed E-state index contributed by atoms with van der Waals surface area (Å²) in [4.78, 5) is 20.2. The zero-order valence-corrected chi connectivity index (χ0v) is 14.9. The van der Waals surface area contributed by atoms with E-state index in [2.05, 4.69) is 43.1 Å². The number of amides is 2. The third-order valence-electron chi connectivity index (χ3n) is 3.35. The van der Waals surface area contributed by atoms with E-state index < -0.39 is 5.54 Å². The van der Waals surface area contributed by atoms with Crippen LogP contribution in [0.3, 0.4) is 0 Å². The minimum absolute atomic E-state index is 0.247. The highest BCUT2D eigenvalue weighted by Crippen LogP contribution is 2.23. The quantitative estimate of drug-likeness (QED) is 0.836. The second-order valence-corrected chi connectivity index (χ2v) is 6.71. The van der Waals surface area contributed by atoms with E-state index in [9.17, 15) is 4.79 Å². The predicted octanol–water partition coefficient (Wildman–Crippen LogP) is 4.33. The number of halogens is 1. The van der Waals surface area contributed by atoms with Gasteiger partial charge in [0.25, 0.3) is 0 Å². The van der Waals surface area contributed by atoms with Crippen molar-refractivity contribution in [3.8, 4) is 0 Å². The molecule has 1 aromatic carbocycles. The minimum atomic E-state index is -0.551. The van der Waals surface area contributed by atoms with Crippen LogP contribution in [0.1, 0.15) is 31.9 Å². The SMILES string of the molecule is C=C(C)c1cccc(C(C)(C)NC(=O)Nc2ncc(Br)cn2)c1. The van der Waals surface area contributed by atoms with Gasteiger partial charge in [0.15, 0.2) is 0 Å². The average Bonchev–Trinajstić information content (AvgIpc) is 2.49. The summed E-state index contributed by atoms with van der Waals surface area (Å²) < 4.78 is 0.750. The lowest BCUT2D eigenvalue weighted by Gasteiger charge is -2.27. The third-order valence-corrected chi connectivity index (χ3v) is 3.76. The van der Waals surface area contributed by atoms with E-state index in [0.29, 0.717) is 0 Å². The molecule has 2 amide bonds. The maximum absolute atomic E-state index is 12.2. The van der Waals surface area contributed by atoms with E-state index in [1.807, 2.05) is 45.0 Å². The first-order valence-corrected chi connectivity index (χ1v) is 7.90. The minimum Gasteiger partial charge on any atom is -0.329 e. The van der Waals surface area contributed by atoms with Crippen LogP contribution in [0.15, 0.2) is 47.7 Å². The van der Waals surface area contributed by atoms with Gasteiger partial charge >= 0.3 is 6.03 Å². The fourth-order valence-electron chi connectivity index (χ4n) is 2.04. The summed E-state index contributed by atoms with van der Waals surface area (Å²) in [7, 11) is 0. The van der Waals surface area contributed by atoms with Crippen molar-refractivity contribution in [1.29, 1.82) is 0 Å². The molecule has 0 unspecified atom stereocenters. The Kier molecular flexibility index (Phi) is 5.15. The van der Waals surface area contributed by atoms with Gasteiger partial charge in [-0.2, -0.15) is 0 Å². The normalized spacial score (nSPS) is 11.0. The number of rotatable bonds is 4. The number of nitrogens with one attached hydrogen (secondary N) is 2. The van der Waals surface area contributed by atoms with Gasteiger partial charge < -0.3 is 5.32 Å². The lowest BCUT2D eigenvalue weighted by molar-refractivity contribution is 0.241. The molecule has 2 rings (SSSR count). The lowest BCUT2D eigenvalue weighted by Crippen LogP contribution is -2.43. The smallest absolute Gasteiger partial charge is 0.322 e. The van der Waals surface area contributed by atoms with Crippen LogP contribution in [0.5, 0.6) is 0 Å². The summed E-state index contributed by atoms with van der Waals surface area (Å²) >= 11 is 3.25. The number of allylic oxidation sites excluding steroid dienone is 1. The first-order chi connectivity index (χ1) is 10.8. The molecular weight excluding hydrogens is 356 g/mol. The summed E-state index contributed by atoms with van der Waals surface area (Å²) in [6.45, 7) is 9.78. The van der Waals surface area contributed by atoms with Gasteiger partial charge in [-0.25, -0.2) is 14.8 Å². The van der Waals surface area contributed by atoms with Crippen LogP contribution < -0.4 is 10.6 Å². The van der Waals surface area contributed by atoms with E-state index in [1.54, 1.807) is 12.4 Å². The Morgan fingerprint density at radius 1 is 1.26 bits per heavy atom. The average molecular weight is 375 g/mol. The summed E-state index contributed by atoms with van der Waals surface area (Å²) in [6, 6.07) is 7.59. The van der Waals surface area contributed by atoms with Gasteiger partial charge in [-0.05, 0) is 53.9 Å². The van der Waals surface area contributed by atoms with Crippen molar-refractivity contribution in [1.82, 2.24) is 15.3 Å². The Morgan fingerprint density at radius 2 is 1.91 bits per heavy atom. The second-order valence-electron chi connectivity index (χ2n) is 5.79.